The number of hydrogen-bond acceptors (Lipinski definition) is 4. The van der Waals surface area contributed by atoms with E-state index in [2.05, 4.69) is 5.32 Å². The second-order valence-electron chi connectivity index (χ2n) is 10.3. The lowest BCUT2D eigenvalue weighted by molar-refractivity contribution is -0.140. The Balaban J connectivity index is 2.12. The highest BCUT2D eigenvalue weighted by atomic mass is 35.5. The molecule has 0 spiro atoms. The molecular weight excluding hydrogens is 617 g/mol. The molecular formula is C31H36Cl3N3O4S. The number of anilines is 1. The molecule has 0 saturated heterocycles. The Kier molecular flexibility index (Phi) is 11.7. The summed E-state index contributed by atoms with van der Waals surface area (Å²) in [5.41, 5.74) is 2.32. The molecule has 0 radical (unpaired) electrons. The molecule has 0 aliphatic heterocycles. The molecule has 0 aliphatic carbocycles. The van der Waals surface area contributed by atoms with Crippen molar-refractivity contribution in [3.63, 3.8) is 0 Å². The molecule has 0 fully saturated rings. The first-order valence-electron chi connectivity index (χ1n) is 13.7. The summed E-state index contributed by atoms with van der Waals surface area (Å²) in [6.07, 6.45) is 0.996. The third kappa shape index (κ3) is 8.19. The van der Waals surface area contributed by atoms with Gasteiger partial charge < -0.3 is 10.2 Å². The van der Waals surface area contributed by atoms with Gasteiger partial charge in [0.2, 0.25) is 11.8 Å². The summed E-state index contributed by atoms with van der Waals surface area (Å²) >= 11 is 18.9. The zero-order chi connectivity index (χ0) is 31.2. The summed E-state index contributed by atoms with van der Waals surface area (Å²) in [7, 11) is -4.22. The zero-order valence-corrected chi connectivity index (χ0v) is 27.4. The molecule has 3 aromatic carbocycles. The maximum atomic E-state index is 14.2. The number of aryl methyl sites for hydroxylation is 2. The molecule has 226 valence electrons. The van der Waals surface area contributed by atoms with Crippen LogP contribution in [0, 0.1) is 13.8 Å². The summed E-state index contributed by atoms with van der Waals surface area (Å²) in [6.45, 7) is 8.62. The Morgan fingerprint density at radius 2 is 1.50 bits per heavy atom. The van der Waals surface area contributed by atoms with Gasteiger partial charge in [-0.15, -0.1) is 0 Å². The first kappa shape index (κ1) is 33.7. The molecule has 0 aromatic heterocycles. The number of benzene rings is 3. The Bertz CT molecular complexity index is 1530. The number of amides is 2. The van der Waals surface area contributed by atoms with Crippen molar-refractivity contribution in [2.75, 3.05) is 10.8 Å². The smallest absolute Gasteiger partial charge is 0.264 e. The van der Waals surface area contributed by atoms with E-state index in [9.17, 15) is 18.0 Å². The minimum atomic E-state index is -4.22. The third-order valence-corrected chi connectivity index (χ3v) is 9.67. The molecule has 3 rings (SSSR count). The van der Waals surface area contributed by atoms with Gasteiger partial charge in [0.05, 0.1) is 10.6 Å². The lowest BCUT2D eigenvalue weighted by Gasteiger charge is -2.34. The molecule has 0 unspecified atom stereocenters. The number of hydrogen-bond donors (Lipinski definition) is 1. The average Bonchev–Trinajstić information content (AvgIpc) is 2.94. The van der Waals surface area contributed by atoms with E-state index in [1.165, 1.54) is 23.1 Å². The first-order chi connectivity index (χ1) is 19.8. The van der Waals surface area contributed by atoms with Gasteiger partial charge >= 0.3 is 0 Å². The van der Waals surface area contributed by atoms with Crippen LogP contribution in [0.2, 0.25) is 15.1 Å². The van der Waals surface area contributed by atoms with Gasteiger partial charge in [0, 0.05) is 27.7 Å². The normalized spacial score (nSPS) is 12.9. The van der Waals surface area contributed by atoms with Crippen LogP contribution in [0.5, 0.6) is 0 Å². The van der Waals surface area contributed by atoms with E-state index in [-0.39, 0.29) is 29.1 Å². The van der Waals surface area contributed by atoms with Gasteiger partial charge in [-0.25, -0.2) is 8.42 Å². The Morgan fingerprint density at radius 3 is 2.10 bits per heavy atom. The lowest BCUT2D eigenvalue weighted by atomic mass is 10.1. The molecule has 7 nitrogen and oxygen atoms in total. The third-order valence-electron chi connectivity index (χ3n) is 7.07. The largest absolute Gasteiger partial charge is 0.352 e. The fraction of sp³-hybridized carbons (Fsp3) is 0.355. The monoisotopic (exact) mass is 651 g/mol. The van der Waals surface area contributed by atoms with Crippen molar-refractivity contribution in [2.45, 2.75) is 71.0 Å². The maximum absolute atomic E-state index is 14.2. The standard InChI is InChI=1S/C31H36Cl3N3O4S/c1-6-22(5)35-31(39)28(7-2)36(18-23-11-13-24(32)16-27(23)34)30(38)19-37(29-17-25(33)12-10-21(29)4)42(40,41)26-14-8-20(3)9-15-26/h8-17,22,28H,6-7,18-19H2,1-5H3,(H,35,39)/t22-,28-/m0/s1. The van der Waals surface area contributed by atoms with Gasteiger partial charge in [-0.3, -0.25) is 13.9 Å². The Hall–Kier alpha value is -2.78. The topological polar surface area (TPSA) is 86.8 Å². The predicted molar refractivity (Wildman–Crippen MR) is 171 cm³/mol. The van der Waals surface area contributed by atoms with Gasteiger partial charge in [-0.2, -0.15) is 0 Å². The van der Waals surface area contributed by atoms with Crippen molar-refractivity contribution >= 4 is 62.3 Å². The minimum absolute atomic E-state index is 0.0223. The highest BCUT2D eigenvalue weighted by Crippen LogP contribution is 2.31. The van der Waals surface area contributed by atoms with Gasteiger partial charge in [0.15, 0.2) is 0 Å². The van der Waals surface area contributed by atoms with Crippen molar-refractivity contribution in [3.05, 3.63) is 92.4 Å². The number of carbonyl (C=O) groups is 2. The number of sulfonamides is 1. The molecule has 0 bridgehead atoms. The van der Waals surface area contributed by atoms with Crippen LogP contribution in [-0.4, -0.2) is 43.8 Å². The first-order valence-corrected chi connectivity index (χ1v) is 16.2. The Morgan fingerprint density at radius 1 is 0.881 bits per heavy atom. The summed E-state index contributed by atoms with van der Waals surface area (Å²) in [6, 6.07) is 15.1. The molecule has 0 saturated carbocycles. The van der Waals surface area contributed by atoms with Crippen LogP contribution in [0.4, 0.5) is 5.69 Å². The average molecular weight is 653 g/mol. The fourth-order valence-electron chi connectivity index (χ4n) is 4.40. The van der Waals surface area contributed by atoms with Crippen molar-refractivity contribution < 1.29 is 18.0 Å². The molecule has 2 amide bonds. The molecule has 2 atom stereocenters. The van der Waals surface area contributed by atoms with Crippen molar-refractivity contribution in [2.24, 2.45) is 0 Å². The van der Waals surface area contributed by atoms with Crippen molar-refractivity contribution in [1.29, 1.82) is 0 Å². The summed E-state index contributed by atoms with van der Waals surface area (Å²) in [4.78, 5) is 29.1. The van der Waals surface area contributed by atoms with Crippen LogP contribution < -0.4 is 9.62 Å². The van der Waals surface area contributed by atoms with Gasteiger partial charge in [0.1, 0.15) is 12.6 Å². The van der Waals surface area contributed by atoms with Crippen LogP contribution in [0.15, 0.2) is 65.6 Å². The van der Waals surface area contributed by atoms with E-state index in [1.807, 2.05) is 20.8 Å². The van der Waals surface area contributed by atoms with E-state index in [4.69, 9.17) is 34.8 Å². The maximum Gasteiger partial charge on any atom is 0.264 e. The second-order valence-corrected chi connectivity index (χ2v) is 13.4. The van der Waals surface area contributed by atoms with Gasteiger partial charge in [-0.1, -0.05) is 78.5 Å². The molecule has 0 aliphatic rings. The van der Waals surface area contributed by atoms with E-state index in [0.717, 1.165) is 9.87 Å². The zero-order valence-electron chi connectivity index (χ0n) is 24.3. The number of halogens is 3. The van der Waals surface area contributed by atoms with Crippen molar-refractivity contribution in [1.82, 2.24) is 10.2 Å². The van der Waals surface area contributed by atoms with Crippen LogP contribution in [0.1, 0.15) is 50.3 Å². The Labute approximate surface area is 263 Å². The fourth-order valence-corrected chi connectivity index (χ4v) is 6.50. The SMILES string of the molecule is CC[C@H](C)NC(=O)[C@H](CC)N(Cc1ccc(Cl)cc1Cl)C(=O)CN(c1cc(Cl)ccc1C)S(=O)(=O)c1ccc(C)cc1. The minimum Gasteiger partial charge on any atom is -0.352 e. The highest BCUT2D eigenvalue weighted by molar-refractivity contribution is 7.92. The molecule has 3 aromatic rings. The van der Waals surface area contributed by atoms with Crippen LogP contribution in [0.25, 0.3) is 0 Å². The van der Waals surface area contributed by atoms with Crippen LogP contribution in [0.3, 0.4) is 0 Å². The van der Waals surface area contributed by atoms with Crippen LogP contribution >= 0.6 is 34.8 Å². The lowest BCUT2D eigenvalue weighted by Crippen LogP contribution is -2.53. The number of carbonyl (C=O) groups excluding carboxylic acids is 2. The van der Waals surface area contributed by atoms with E-state index < -0.39 is 28.5 Å². The second kappa shape index (κ2) is 14.6. The van der Waals surface area contributed by atoms with E-state index in [1.54, 1.807) is 56.3 Å². The molecule has 42 heavy (non-hydrogen) atoms. The summed E-state index contributed by atoms with van der Waals surface area (Å²) in [5.74, 6) is -0.917. The molecule has 1 N–H and O–H groups in total. The number of rotatable bonds is 12. The molecule has 0 heterocycles. The quantitative estimate of drug-likeness (QED) is 0.225. The number of nitrogens with one attached hydrogen (secondary N) is 1. The summed E-state index contributed by atoms with van der Waals surface area (Å²) < 4.78 is 29.2. The predicted octanol–water partition coefficient (Wildman–Crippen LogP) is 7.18. The van der Waals surface area contributed by atoms with Gasteiger partial charge in [-0.05, 0) is 81.1 Å². The van der Waals surface area contributed by atoms with Gasteiger partial charge in [0.25, 0.3) is 10.0 Å². The summed E-state index contributed by atoms with van der Waals surface area (Å²) in [5, 5.41) is 4.02. The molecule has 11 heteroatoms. The van der Waals surface area contributed by atoms with Crippen LogP contribution in [-0.2, 0) is 26.2 Å². The van der Waals surface area contributed by atoms with E-state index in [0.29, 0.717) is 39.0 Å². The highest BCUT2D eigenvalue weighted by Gasteiger charge is 2.34. The van der Waals surface area contributed by atoms with Crippen molar-refractivity contribution in [3.8, 4) is 0 Å². The number of nitrogens with zero attached hydrogens (tertiary/aromatic N) is 2. The van der Waals surface area contributed by atoms with E-state index >= 15 is 0 Å².